The third-order valence-corrected chi connectivity index (χ3v) is 3.20. The molecule has 1 fully saturated rings. The molecule has 1 aliphatic rings. The molecule has 0 atom stereocenters. The molecule has 3 nitrogen and oxygen atoms in total. The summed E-state index contributed by atoms with van der Waals surface area (Å²) in [4.78, 5) is 13.4. The summed E-state index contributed by atoms with van der Waals surface area (Å²) in [7, 11) is 1.81. The SMILES string of the molecule is C=CCN(C)C(=O)CC1(CN)CCC1. The molecule has 0 saturated heterocycles. The summed E-state index contributed by atoms with van der Waals surface area (Å²) < 4.78 is 0. The predicted octanol–water partition coefficient (Wildman–Crippen LogP) is 1.15. The van der Waals surface area contributed by atoms with E-state index in [4.69, 9.17) is 5.73 Å². The minimum atomic E-state index is 0.118. The summed E-state index contributed by atoms with van der Waals surface area (Å²) in [5.41, 5.74) is 5.82. The average molecular weight is 196 g/mol. The van der Waals surface area contributed by atoms with Crippen LogP contribution < -0.4 is 5.73 Å². The zero-order valence-electron chi connectivity index (χ0n) is 8.96. The van der Waals surface area contributed by atoms with Gasteiger partial charge in [-0.05, 0) is 24.8 Å². The van der Waals surface area contributed by atoms with Crippen LogP contribution in [0.4, 0.5) is 0 Å². The molecule has 0 aromatic carbocycles. The van der Waals surface area contributed by atoms with Gasteiger partial charge in [-0.15, -0.1) is 6.58 Å². The van der Waals surface area contributed by atoms with Crippen LogP contribution in [0.2, 0.25) is 0 Å². The number of nitrogens with zero attached hydrogens (tertiary/aromatic N) is 1. The molecule has 0 radical (unpaired) electrons. The van der Waals surface area contributed by atoms with Crippen molar-refractivity contribution >= 4 is 5.91 Å². The molecule has 3 heteroatoms. The summed E-state index contributed by atoms with van der Waals surface area (Å²) in [6.07, 6.45) is 5.78. The normalized spacial score (nSPS) is 18.4. The van der Waals surface area contributed by atoms with Crippen molar-refractivity contribution in [2.45, 2.75) is 25.7 Å². The molecule has 0 bridgehead atoms. The molecular formula is C11H20N2O. The van der Waals surface area contributed by atoms with Gasteiger partial charge in [-0.3, -0.25) is 4.79 Å². The summed E-state index contributed by atoms with van der Waals surface area (Å²) >= 11 is 0. The van der Waals surface area contributed by atoms with Crippen molar-refractivity contribution in [1.82, 2.24) is 4.90 Å². The van der Waals surface area contributed by atoms with E-state index in [0.29, 0.717) is 19.5 Å². The van der Waals surface area contributed by atoms with Crippen LogP contribution in [0.15, 0.2) is 12.7 Å². The fourth-order valence-corrected chi connectivity index (χ4v) is 1.88. The van der Waals surface area contributed by atoms with Crippen molar-refractivity contribution < 1.29 is 4.79 Å². The third-order valence-electron chi connectivity index (χ3n) is 3.20. The van der Waals surface area contributed by atoms with E-state index in [-0.39, 0.29) is 11.3 Å². The zero-order valence-corrected chi connectivity index (χ0v) is 8.96. The molecule has 2 N–H and O–H groups in total. The van der Waals surface area contributed by atoms with Crippen molar-refractivity contribution in [2.24, 2.45) is 11.1 Å². The number of rotatable bonds is 5. The number of hydrogen-bond acceptors (Lipinski definition) is 2. The highest BCUT2D eigenvalue weighted by molar-refractivity contribution is 5.77. The van der Waals surface area contributed by atoms with Gasteiger partial charge < -0.3 is 10.6 Å². The van der Waals surface area contributed by atoms with Gasteiger partial charge in [0.1, 0.15) is 0 Å². The summed E-state index contributed by atoms with van der Waals surface area (Å²) in [5.74, 6) is 0.190. The Morgan fingerprint density at radius 1 is 1.64 bits per heavy atom. The van der Waals surface area contributed by atoms with Crippen molar-refractivity contribution in [3.63, 3.8) is 0 Å². The maximum absolute atomic E-state index is 11.7. The summed E-state index contributed by atoms with van der Waals surface area (Å²) in [5, 5.41) is 0. The Kier molecular flexibility index (Phi) is 3.69. The molecule has 14 heavy (non-hydrogen) atoms. The van der Waals surface area contributed by atoms with E-state index >= 15 is 0 Å². The third kappa shape index (κ3) is 2.35. The van der Waals surface area contributed by atoms with Gasteiger partial charge in [0.25, 0.3) is 0 Å². The maximum Gasteiger partial charge on any atom is 0.223 e. The minimum Gasteiger partial charge on any atom is -0.342 e. The van der Waals surface area contributed by atoms with E-state index in [2.05, 4.69) is 6.58 Å². The maximum atomic E-state index is 11.7. The fourth-order valence-electron chi connectivity index (χ4n) is 1.88. The number of hydrogen-bond donors (Lipinski definition) is 1. The van der Waals surface area contributed by atoms with E-state index in [1.807, 2.05) is 7.05 Å². The quantitative estimate of drug-likeness (QED) is 0.670. The van der Waals surface area contributed by atoms with Crippen molar-refractivity contribution in [3.05, 3.63) is 12.7 Å². The smallest absolute Gasteiger partial charge is 0.223 e. The first kappa shape index (κ1) is 11.2. The van der Waals surface area contributed by atoms with Crippen LogP contribution in [-0.2, 0) is 4.79 Å². The molecule has 80 valence electrons. The topological polar surface area (TPSA) is 46.3 Å². The molecule has 0 aromatic heterocycles. The summed E-state index contributed by atoms with van der Waals surface area (Å²) in [6, 6.07) is 0. The molecule has 1 rings (SSSR count). The Labute approximate surface area is 86.0 Å². The first-order valence-corrected chi connectivity index (χ1v) is 5.18. The number of amides is 1. The van der Waals surface area contributed by atoms with E-state index in [0.717, 1.165) is 12.8 Å². The zero-order chi connectivity index (χ0) is 10.6. The van der Waals surface area contributed by atoms with Crippen LogP contribution in [0, 0.1) is 5.41 Å². The molecule has 1 amide bonds. The molecule has 0 aliphatic heterocycles. The van der Waals surface area contributed by atoms with Gasteiger partial charge in [0.2, 0.25) is 5.91 Å². The van der Waals surface area contributed by atoms with Crippen molar-refractivity contribution in [3.8, 4) is 0 Å². The van der Waals surface area contributed by atoms with Gasteiger partial charge in [-0.1, -0.05) is 12.5 Å². The minimum absolute atomic E-state index is 0.118. The number of nitrogens with two attached hydrogens (primary N) is 1. The highest BCUT2D eigenvalue weighted by Crippen LogP contribution is 2.43. The second kappa shape index (κ2) is 4.60. The largest absolute Gasteiger partial charge is 0.342 e. The number of carbonyl (C=O) groups is 1. The Morgan fingerprint density at radius 2 is 2.29 bits per heavy atom. The van der Waals surface area contributed by atoms with Crippen LogP contribution in [0.25, 0.3) is 0 Å². The average Bonchev–Trinajstić information content (AvgIpc) is 2.11. The summed E-state index contributed by atoms with van der Waals surface area (Å²) in [6.45, 7) is 4.88. The van der Waals surface area contributed by atoms with Crippen molar-refractivity contribution in [2.75, 3.05) is 20.1 Å². The molecule has 0 aromatic rings. The van der Waals surface area contributed by atoms with Gasteiger partial charge in [-0.25, -0.2) is 0 Å². The van der Waals surface area contributed by atoms with E-state index in [9.17, 15) is 4.79 Å². The Bertz CT molecular complexity index is 216. The Morgan fingerprint density at radius 3 is 2.64 bits per heavy atom. The molecule has 0 spiro atoms. The lowest BCUT2D eigenvalue weighted by Crippen LogP contribution is -2.42. The van der Waals surface area contributed by atoms with Crippen molar-refractivity contribution in [1.29, 1.82) is 0 Å². The van der Waals surface area contributed by atoms with E-state index < -0.39 is 0 Å². The monoisotopic (exact) mass is 196 g/mol. The lowest BCUT2D eigenvalue weighted by Gasteiger charge is -2.41. The first-order chi connectivity index (χ1) is 6.63. The standard InChI is InChI=1S/C11H20N2O/c1-3-7-13(2)10(14)8-11(9-12)5-4-6-11/h3H,1,4-9,12H2,2H3. The lowest BCUT2D eigenvalue weighted by molar-refractivity contribution is -0.133. The Balaban J connectivity index is 2.42. The van der Waals surface area contributed by atoms with E-state index in [1.54, 1.807) is 11.0 Å². The Hall–Kier alpha value is -0.830. The fraction of sp³-hybridized carbons (Fsp3) is 0.727. The predicted molar refractivity (Wildman–Crippen MR) is 57.8 cm³/mol. The van der Waals surface area contributed by atoms with Gasteiger partial charge in [0.15, 0.2) is 0 Å². The molecular weight excluding hydrogens is 176 g/mol. The number of likely N-dealkylation sites (N-methyl/N-ethyl adjacent to an activating group) is 1. The molecule has 1 saturated carbocycles. The van der Waals surface area contributed by atoms with Crippen LogP contribution in [0.5, 0.6) is 0 Å². The van der Waals surface area contributed by atoms with Crippen LogP contribution in [0.1, 0.15) is 25.7 Å². The van der Waals surface area contributed by atoms with E-state index in [1.165, 1.54) is 6.42 Å². The van der Waals surface area contributed by atoms with Crippen LogP contribution in [0.3, 0.4) is 0 Å². The molecule has 0 heterocycles. The first-order valence-electron chi connectivity index (χ1n) is 5.18. The van der Waals surface area contributed by atoms with Gasteiger partial charge in [-0.2, -0.15) is 0 Å². The van der Waals surface area contributed by atoms with Crippen LogP contribution >= 0.6 is 0 Å². The van der Waals surface area contributed by atoms with Gasteiger partial charge in [0, 0.05) is 20.0 Å². The second-order valence-corrected chi connectivity index (χ2v) is 4.30. The second-order valence-electron chi connectivity index (χ2n) is 4.30. The molecule has 0 unspecified atom stereocenters. The number of carbonyl (C=O) groups excluding carboxylic acids is 1. The van der Waals surface area contributed by atoms with Crippen LogP contribution in [-0.4, -0.2) is 30.9 Å². The van der Waals surface area contributed by atoms with Gasteiger partial charge in [0.05, 0.1) is 0 Å². The highest BCUT2D eigenvalue weighted by atomic mass is 16.2. The lowest BCUT2D eigenvalue weighted by atomic mass is 9.66. The van der Waals surface area contributed by atoms with Gasteiger partial charge >= 0.3 is 0 Å². The molecule has 1 aliphatic carbocycles. The highest BCUT2D eigenvalue weighted by Gasteiger charge is 2.37.